The number of aromatic nitrogens is 2. The minimum absolute atomic E-state index is 0. The van der Waals surface area contributed by atoms with Gasteiger partial charge in [0, 0.05) is 19.9 Å². The predicted octanol–water partition coefficient (Wildman–Crippen LogP) is 5.72. The topological polar surface area (TPSA) is 37.8 Å². The van der Waals surface area contributed by atoms with Crippen LogP contribution in [0.1, 0.15) is 54.2 Å². The van der Waals surface area contributed by atoms with Gasteiger partial charge in [-0.15, -0.1) is 0 Å². The first-order chi connectivity index (χ1) is 10.3. The molecule has 120 valence electrons. The third-order valence-electron chi connectivity index (χ3n) is 2.09. The number of hydrogen-bond donors (Lipinski definition) is 1. The Hall–Kier alpha value is -1.90. The number of benzene rings is 1. The predicted molar refractivity (Wildman–Crippen MR) is 96.7 cm³/mol. The van der Waals surface area contributed by atoms with Gasteiger partial charge in [-0.3, -0.25) is 0 Å². The monoisotopic (exact) mass is 291 g/mol. The number of nitrogens with one attached hydrogen (secondary N) is 1. The van der Waals surface area contributed by atoms with Crippen molar-refractivity contribution in [3.63, 3.8) is 0 Å². The Bertz CT molecular complexity index is 433. The van der Waals surface area contributed by atoms with Gasteiger partial charge < -0.3 is 5.32 Å². The molecule has 2 aromatic rings. The maximum atomic E-state index is 4.27. The molecule has 1 heterocycles. The summed E-state index contributed by atoms with van der Waals surface area (Å²) in [6.45, 7) is 14.7. The van der Waals surface area contributed by atoms with Gasteiger partial charge >= 0.3 is 0 Å². The highest BCUT2D eigenvalue weighted by Gasteiger charge is 1.95. The second-order valence-corrected chi connectivity index (χ2v) is 3.36. The van der Waals surface area contributed by atoms with E-state index >= 15 is 0 Å². The lowest BCUT2D eigenvalue weighted by atomic mass is 10.2. The normalized spacial score (nSPS) is 7.95. The van der Waals surface area contributed by atoms with Crippen molar-refractivity contribution in [1.29, 1.82) is 0 Å². The van der Waals surface area contributed by atoms with Crippen LogP contribution in [0.2, 0.25) is 0 Å². The van der Waals surface area contributed by atoms with Crippen LogP contribution in [0.4, 0.5) is 5.95 Å². The van der Waals surface area contributed by atoms with Gasteiger partial charge in [-0.2, -0.15) is 0 Å². The summed E-state index contributed by atoms with van der Waals surface area (Å²) in [4.78, 5) is 8.40. The zero-order valence-electron chi connectivity index (χ0n) is 14.6. The summed E-state index contributed by atoms with van der Waals surface area (Å²) in [7, 11) is 0. The van der Waals surface area contributed by atoms with Gasteiger partial charge in [0.25, 0.3) is 0 Å². The SMILES string of the molecule is CC.CC.CC.Cc1ccnc(NCc2ccccc2)n1.[HH]. The smallest absolute Gasteiger partial charge is 0.223 e. The summed E-state index contributed by atoms with van der Waals surface area (Å²) >= 11 is 0. The average Bonchev–Trinajstić information content (AvgIpc) is 2.59. The quantitative estimate of drug-likeness (QED) is 0.785. The van der Waals surface area contributed by atoms with Crippen LogP contribution in [0.25, 0.3) is 0 Å². The zero-order chi connectivity index (χ0) is 16.5. The lowest BCUT2D eigenvalue weighted by Gasteiger charge is -2.04. The maximum absolute atomic E-state index is 4.27. The Morgan fingerprint density at radius 3 is 2.00 bits per heavy atom. The Morgan fingerprint density at radius 2 is 1.48 bits per heavy atom. The molecular formula is C18H33N3. The molecule has 0 radical (unpaired) electrons. The Kier molecular flexibility index (Phi) is 16.5. The summed E-state index contributed by atoms with van der Waals surface area (Å²) in [5.74, 6) is 0.679. The molecule has 1 aromatic carbocycles. The van der Waals surface area contributed by atoms with E-state index in [1.165, 1.54) is 5.56 Å². The van der Waals surface area contributed by atoms with Gasteiger partial charge in [0.05, 0.1) is 0 Å². The highest BCUT2D eigenvalue weighted by Crippen LogP contribution is 2.03. The van der Waals surface area contributed by atoms with Crippen molar-refractivity contribution in [2.75, 3.05) is 5.32 Å². The van der Waals surface area contributed by atoms with Crippen LogP contribution in [0.5, 0.6) is 0 Å². The van der Waals surface area contributed by atoms with E-state index in [-0.39, 0.29) is 1.43 Å². The van der Waals surface area contributed by atoms with Crippen LogP contribution in [0.3, 0.4) is 0 Å². The lowest BCUT2D eigenvalue weighted by Crippen LogP contribution is -2.03. The number of rotatable bonds is 3. The second kappa shape index (κ2) is 16.2. The minimum Gasteiger partial charge on any atom is -0.350 e. The molecule has 1 aromatic heterocycles. The van der Waals surface area contributed by atoms with Crippen LogP contribution in [0.15, 0.2) is 42.6 Å². The molecule has 2 rings (SSSR count). The average molecular weight is 291 g/mol. The van der Waals surface area contributed by atoms with Crippen molar-refractivity contribution < 1.29 is 1.43 Å². The van der Waals surface area contributed by atoms with E-state index in [0.717, 1.165) is 12.2 Å². The van der Waals surface area contributed by atoms with Gasteiger partial charge in [0.1, 0.15) is 0 Å². The van der Waals surface area contributed by atoms with Crippen LogP contribution in [0, 0.1) is 6.92 Å². The van der Waals surface area contributed by atoms with Gasteiger partial charge in [0.15, 0.2) is 0 Å². The lowest BCUT2D eigenvalue weighted by molar-refractivity contribution is 1.03. The summed E-state index contributed by atoms with van der Waals surface area (Å²) in [5.41, 5.74) is 2.20. The first kappa shape index (κ1) is 21.4. The number of hydrogen-bond acceptors (Lipinski definition) is 3. The van der Waals surface area contributed by atoms with Crippen LogP contribution in [-0.2, 0) is 6.54 Å². The first-order valence-corrected chi connectivity index (χ1v) is 7.92. The summed E-state index contributed by atoms with van der Waals surface area (Å²) < 4.78 is 0. The molecular weight excluding hydrogens is 258 g/mol. The fourth-order valence-electron chi connectivity index (χ4n) is 1.31. The zero-order valence-corrected chi connectivity index (χ0v) is 14.6. The van der Waals surface area contributed by atoms with Crippen LogP contribution >= 0.6 is 0 Å². The van der Waals surface area contributed by atoms with Crippen LogP contribution < -0.4 is 5.32 Å². The number of aryl methyl sites for hydroxylation is 1. The van der Waals surface area contributed by atoms with Gasteiger partial charge in [-0.1, -0.05) is 71.9 Å². The highest BCUT2D eigenvalue weighted by molar-refractivity contribution is 5.27. The molecule has 0 bridgehead atoms. The third kappa shape index (κ3) is 10.5. The van der Waals surface area contributed by atoms with E-state index in [9.17, 15) is 0 Å². The fourth-order valence-corrected chi connectivity index (χ4v) is 1.31. The van der Waals surface area contributed by atoms with Crippen molar-refractivity contribution in [1.82, 2.24) is 9.97 Å². The molecule has 0 spiro atoms. The summed E-state index contributed by atoms with van der Waals surface area (Å²) in [5, 5.41) is 3.18. The van der Waals surface area contributed by atoms with Crippen molar-refractivity contribution >= 4 is 5.95 Å². The first-order valence-electron chi connectivity index (χ1n) is 7.92. The molecule has 0 aliphatic carbocycles. The molecule has 0 amide bonds. The van der Waals surface area contributed by atoms with Gasteiger partial charge in [-0.05, 0) is 18.6 Å². The Labute approximate surface area is 132 Å². The summed E-state index contributed by atoms with van der Waals surface area (Å²) in [6.07, 6.45) is 1.76. The number of anilines is 1. The summed E-state index contributed by atoms with van der Waals surface area (Å²) in [6, 6.07) is 12.1. The molecule has 0 aliphatic rings. The molecule has 0 unspecified atom stereocenters. The number of nitrogens with zero attached hydrogens (tertiary/aromatic N) is 2. The van der Waals surface area contributed by atoms with Crippen molar-refractivity contribution in [3.05, 3.63) is 53.9 Å². The standard InChI is InChI=1S/C12H13N3.3C2H6.H2/c1-10-7-8-13-12(15-10)14-9-11-5-3-2-4-6-11;3*1-2;/h2-8H,9H2,1H3,(H,13,14,15);3*1-2H3;1H. The third-order valence-corrected chi connectivity index (χ3v) is 2.09. The van der Waals surface area contributed by atoms with E-state index in [1.807, 2.05) is 72.7 Å². The van der Waals surface area contributed by atoms with Crippen molar-refractivity contribution in [2.24, 2.45) is 0 Å². The Morgan fingerprint density at radius 1 is 0.905 bits per heavy atom. The van der Waals surface area contributed by atoms with Crippen molar-refractivity contribution in [3.8, 4) is 0 Å². The Balaban J connectivity index is -0.000000463. The fraction of sp³-hybridized carbons (Fsp3) is 0.444. The molecule has 1 N–H and O–H groups in total. The maximum Gasteiger partial charge on any atom is 0.223 e. The van der Waals surface area contributed by atoms with E-state index < -0.39 is 0 Å². The molecule has 0 atom stereocenters. The molecule has 3 heteroatoms. The van der Waals surface area contributed by atoms with Crippen molar-refractivity contribution in [2.45, 2.75) is 55.0 Å². The molecule has 0 aliphatic heterocycles. The van der Waals surface area contributed by atoms with E-state index in [1.54, 1.807) is 6.20 Å². The highest BCUT2D eigenvalue weighted by atomic mass is 15.1. The molecule has 0 saturated heterocycles. The van der Waals surface area contributed by atoms with E-state index in [2.05, 4.69) is 27.4 Å². The molecule has 21 heavy (non-hydrogen) atoms. The van der Waals surface area contributed by atoms with Gasteiger partial charge in [-0.25, -0.2) is 9.97 Å². The van der Waals surface area contributed by atoms with Gasteiger partial charge in [0.2, 0.25) is 5.95 Å². The van der Waals surface area contributed by atoms with E-state index in [4.69, 9.17) is 0 Å². The largest absolute Gasteiger partial charge is 0.350 e. The molecule has 0 saturated carbocycles. The molecule has 3 nitrogen and oxygen atoms in total. The second-order valence-electron chi connectivity index (χ2n) is 3.36. The van der Waals surface area contributed by atoms with E-state index in [0.29, 0.717) is 5.95 Å². The minimum atomic E-state index is 0. The van der Waals surface area contributed by atoms with Crippen LogP contribution in [-0.4, -0.2) is 9.97 Å². The molecule has 0 fully saturated rings.